The Morgan fingerprint density at radius 1 is 1.53 bits per heavy atom. The van der Waals surface area contributed by atoms with Gasteiger partial charge in [-0.1, -0.05) is 0 Å². The normalized spacial score (nSPS) is 26.7. The van der Waals surface area contributed by atoms with Crippen molar-refractivity contribution in [1.29, 1.82) is 0 Å². The van der Waals surface area contributed by atoms with Gasteiger partial charge in [0.2, 0.25) is 5.91 Å². The standard InChI is InChI=1S/C13H20N4O2/c18-13(12-4-1-5-14-12)16-10-7-15-17(8-10)9-11-3-2-6-19-11/h7-8,11-12,14H,1-6,9H2,(H,16,18)/t11?,12-/m1/s1. The van der Waals surface area contributed by atoms with E-state index in [-0.39, 0.29) is 18.1 Å². The highest BCUT2D eigenvalue weighted by atomic mass is 16.5. The Morgan fingerprint density at radius 2 is 2.47 bits per heavy atom. The lowest BCUT2D eigenvalue weighted by molar-refractivity contribution is -0.117. The van der Waals surface area contributed by atoms with Crippen molar-refractivity contribution in [2.45, 2.75) is 44.4 Å². The van der Waals surface area contributed by atoms with Crippen LogP contribution in [-0.4, -0.2) is 41.0 Å². The van der Waals surface area contributed by atoms with Gasteiger partial charge in [0.1, 0.15) is 0 Å². The summed E-state index contributed by atoms with van der Waals surface area (Å²) in [5.74, 6) is 0.0363. The van der Waals surface area contributed by atoms with Gasteiger partial charge in [-0.05, 0) is 32.2 Å². The van der Waals surface area contributed by atoms with Gasteiger partial charge in [0, 0.05) is 12.8 Å². The quantitative estimate of drug-likeness (QED) is 0.842. The number of aromatic nitrogens is 2. The zero-order valence-corrected chi connectivity index (χ0v) is 11.0. The third-order valence-corrected chi connectivity index (χ3v) is 3.69. The molecule has 2 saturated heterocycles. The SMILES string of the molecule is O=C(Nc1cnn(CC2CCCO2)c1)[C@H]1CCCN1. The molecule has 1 aromatic rings. The van der Waals surface area contributed by atoms with E-state index >= 15 is 0 Å². The molecule has 6 heteroatoms. The van der Waals surface area contributed by atoms with Crippen molar-refractivity contribution in [1.82, 2.24) is 15.1 Å². The lowest BCUT2D eigenvalue weighted by atomic mass is 10.2. The van der Waals surface area contributed by atoms with E-state index in [0.717, 1.165) is 51.1 Å². The van der Waals surface area contributed by atoms with Crippen molar-refractivity contribution in [3.8, 4) is 0 Å². The summed E-state index contributed by atoms with van der Waals surface area (Å²) in [6.45, 7) is 2.54. The highest BCUT2D eigenvalue weighted by molar-refractivity contribution is 5.94. The highest BCUT2D eigenvalue weighted by Crippen LogP contribution is 2.15. The summed E-state index contributed by atoms with van der Waals surface area (Å²) < 4.78 is 7.41. The Labute approximate surface area is 112 Å². The van der Waals surface area contributed by atoms with Crippen LogP contribution in [0.3, 0.4) is 0 Å². The molecule has 3 rings (SSSR count). The van der Waals surface area contributed by atoms with Gasteiger partial charge < -0.3 is 15.4 Å². The van der Waals surface area contributed by atoms with Crippen LogP contribution in [0.25, 0.3) is 0 Å². The topological polar surface area (TPSA) is 68.2 Å². The Kier molecular flexibility index (Phi) is 3.79. The summed E-state index contributed by atoms with van der Waals surface area (Å²) >= 11 is 0. The number of amides is 1. The third kappa shape index (κ3) is 3.13. The summed E-state index contributed by atoms with van der Waals surface area (Å²) in [7, 11) is 0. The number of hydrogen-bond donors (Lipinski definition) is 2. The van der Waals surface area contributed by atoms with Crippen molar-refractivity contribution in [2.75, 3.05) is 18.5 Å². The van der Waals surface area contributed by atoms with Crippen molar-refractivity contribution >= 4 is 11.6 Å². The molecule has 2 atom stereocenters. The molecule has 2 fully saturated rings. The predicted octanol–water partition coefficient (Wildman–Crippen LogP) is 0.753. The van der Waals surface area contributed by atoms with Gasteiger partial charge in [-0.15, -0.1) is 0 Å². The van der Waals surface area contributed by atoms with Crippen molar-refractivity contribution in [2.24, 2.45) is 0 Å². The highest BCUT2D eigenvalue weighted by Gasteiger charge is 2.22. The number of rotatable bonds is 4. The van der Waals surface area contributed by atoms with Gasteiger partial charge in [0.05, 0.1) is 30.6 Å². The van der Waals surface area contributed by atoms with E-state index in [2.05, 4.69) is 15.7 Å². The van der Waals surface area contributed by atoms with E-state index in [1.54, 1.807) is 6.20 Å². The van der Waals surface area contributed by atoms with Crippen molar-refractivity contribution < 1.29 is 9.53 Å². The fourth-order valence-corrected chi connectivity index (χ4v) is 2.66. The zero-order valence-electron chi connectivity index (χ0n) is 11.0. The number of nitrogens with zero attached hydrogens (tertiary/aromatic N) is 2. The van der Waals surface area contributed by atoms with E-state index in [1.807, 2.05) is 10.9 Å². The largest absolute Gasteiger partial charge is 0.376 e. The second kappa shape index (κ2) is 5.71. The monoisotopic (exact) mass is 264 g/mol. The van der Waals surface area contributed by atoms with Gasteiger partial charge in [-0.25, -0.2) is 0 Å². The number of nitrogens with one attached hydrogen (secondary N) is 2. The Hall–Kier alpha value is -1.40. The van der Waals surface area contributed by atoms with Crippen LogP contribution < -0.4 is 10.6 Å². The van der Waals surface area contributed by atoms with E-state index in [9.17, 15) is 4.79 Å². The number of hydrogen-bond acceptors (Lipinski definition) is 4. The number of ether oxygens (including phenoxy) is 1. The smallest absolute Gasteiger partial charge is 0.241 e. The van der Waals surface area contributed by atoms with Crippen molar-refractivity contribution in [3.63, 3.8) is 0 Å². The molecule has 2 aliphatic rings. The van der Waals surface area contributed by atoms with Gasteiger partial charge in [0.15, 0.2) is 0 Å². The lowest BCUT2D eigenvalue weighted by Gasteiger charge is -2.10. The van der Waals surface area contributed by atoms with Gasteiger partial charge >= 0.3 is 0 Å². The molecular formula is C13H20N4O2. The molecule has 0 spiro atoms. The fourth-order valence-electron chi connectivity index (χ4n) is 2.66. The number of anilines is 1. The fraction of sp³-hybridized carbons (Fsp3) is 0.692. The van der Waals surface area contributed by atoms with Crippen LogP contribution in [0.1, 0.15) is 25.7 Å². The summed E-state index contributed by atoms with van der Waals surface area (Å²) in [5, 5.41) is 10.3. The van der Waals surface area contributed by atoms with E-state index in [4.69, 9.17) is 4.74 Å². The predicted molar refractivity (Wildman–Crippen MR) is 70.9 cm³/mol. The van der Waals surface area contributed by atoms with Crippen LogP contribution >= 0.6 is 0 Å². The first-order valence-corrected chi connectivity index (χ1v) is 6.99. The maximum absolute atomic E-state index is 11.9. The molecule has 1 amide bonds. The summed E-state index contributed by atoms with van der Waals surface area (Å²) in [6, 6.07) is -0.0542. The molecule has 1 aromatic heterocycles. The molecule has 0 bridgehead atoms. The van der Waals surface area contributed by atoms with Crippen LogP contribution in [0.2, 0.25) is 0 Å². The number of carbonyl (C=O) groups is 1. The Bertz CT molecular complexity index is 434. The minimum absolute atomic E-state index is 0.0363. The first kappa shape index (κ1) is 12.6. The molecule has 0 aromatic carbocycles. The van der Waals surface area contributed by atoms with Crippen LogP contribution in [0.4, 0.5) is 5.69 Å². The second-order valence-corrected chi connectivity index (χ2v) is 5.22. The molecule has 0 saturated carbocycles. The van der Waals surface area contributed by atoms with E-state index in [0.29, 0.717) is 0 Å². The van der Waals surface area contributed by atoms with Crippen LogP contribution in [0, 0.1) is 0 Å². The zero-order chi connectivity index (χ0) is 13.1. The van der Waals surface area contributed by atoms with Crippen LogP contribution in [-0.2, 0) is 16.1 Å². The minimum Gasteiger partial charge on any atom is -0.376 e. The van der Waals surface area contributed by atoms with Crippen molar-refractivity contribution in [3.05, 3.63) is 12.4 Å². The molecule has 19 heavy (non-hydrogen) atoms. The van der Waals surface area contributed by atoms with Crippen LogP contribution in [0.15, 0.2) is 12.4 Å². The van der Waals surface area contributed by atoms with E-state index in [1.165, 1.54) is 0 Å². The summed E-state index contributed by atoms with van der Waals surface area (Å²) in [5.41, 5.74) is 0.761. The molecule has 0 aliphatic carbocycles. The van der Waals surface area contributed by atoms with E-state index < -0.39 is 0 Å². The molecular weight excluding hydrogens is 244 g/mol. The summed E-state index contributed by atoms with van der Waals surface area (Å²) in [4.78, 5) is 11.9. The average Bonchev–Trinajstić information content (AvgIpc) is 3.10. The lowest BCUT2D eigenvalue weighted by Crippen LogP contribution is -2.35. The van der Waals surface area contributed by atoms with Gasteiger partial charge in [-0.2, -0.15) is 5.10 Å². The Balaban J connectivity index is 1.53. The average molecular weight is 264 g/mol. The third-order valence-electron chi connectivity index (χ3n) is 3.69. The molecule has 3 heterocycles. The Morgan fingerprint density at radius 3 is 3.21 bits per heavy atom. The first-order chi connectivity index (χ1) is 9.31. The van der Waals surface area contributed by atoms with Crippen LogP contribution in [0.5, 0.6) is 0 Å². The summed E-state index contributed by atoms with van der Waals surface area (Å²) in [6.07, 6.45) is 8.03. The maximum atomic E-state index is 11.9. The molecule has 2 N–H and O–H groups in total. The molecule has 0 radical (unpaired) electrons. The molecule has 1 unspecified atom stereocenters. The van der Waals surface area contributed by atoms with Gasteiger partial charge in [0.25, 0.3) is 0 Å². The molecule has 6 nitrogen and oxygen atoms in total. The number of carbonyl (C=O) groups excluding carboxylic acids is 1. The first-order valence-electron chi connectivity index (χ1n) is 6.99. The molecule has 2 aliphatic heterocycles. The second-order valence-electron chi connectivity index (χ2n) is 5.22. The molecule has 104 valence electrons. The maximum Gasteiger partial charge on any atom is 0.241 e. The minimum atomic E-state index is -0.0542. The van der Waals surface area contributed by atoms with Gasteiger partial charge in [-0.3, -0.25) is 9.48 Å².